The van der Waals surface area contributed by atoms with Crippen molar-refractivity contribution in [3.8, 4) is 0 Å². The van der Waals surface area contributed by atoms with Crippen LogP contribution in [0.3, 0.4) is 0 Å². The van der Waals surface area contributed by atoms with Crippen LogP contribution in [0.1, 0.15) is 34.7 Å². The summed E-state index contributed by atoms with van der Waals surface area (Å²) >= 11 is 1.60. The van der Waals surface area contributed by atoms with Gasteiger partial charge >= 0.3 is 0 Å². The van der Waals surface area contributed by atoms with Crippen molar-refractivity contribution in [2.45, 2.75) is 39.0 Å². The zero-order valence-electron chi connectivity index (χ0n) is 14.0. The van der Waals surface area contributed by atoms with Crippen LogP contribution in [0.15, 0.2) is 29.1 Å². The number of fused-ring (bicyclic) bond motifs is 3. The van der Waals surface area contributed by atoms with E-state index in [0.29, 0.717) is 5.82 Å². The van der Waals surface area contributed by atoms with Gasteiger partial charge in [0.1, 0.15) is 10.7 Å². The van der Waals surface area contributed by atoms with Gasteiger partial charge in [-0.3, -0.25) is 9.59 Å². The fraction of sp³-hybridized carbons (Fsp3) is 0.316. The first-order chi connectivity index (χ1) is 12.1. The lowest BCUT2D eigenvalue weighted by Gasteiger charge is -2.09. The summed E-state index contributed by atoms with van der Waals surface area (Å²) < 4.78 is 0. The number of rotatable bonds is 3. The Morgan fingerprint density at radius 3 is 2.80 bits per heavy atom. The van der Waals surface area contributed by atoms with E-state index in [0.717, 1.165) is 46.3 Å². The number of carbonyl (C=O) groups excluding carboxylic acids is 1. The number of nitrogens with zero attached hydrogens (tertiary/aromatic N) is 1. The minimum absolute atomic E-state index is 0.0572. The molecule has 1 aliphatic rings. The largest absolute Gasteiger partial charge is 0.326 e. The minimum Gasteiger partial charge on any atom is -0.326 e. The standard InChI is InChI=1S/C19H19N3O2S/c1-11-6-8-12(9-7-11)20-16(23)10-15-21-18(24)17-13-4-2-3-5-14(13)25-19(17)22-15/h6-9H,2-5,10H2,1H3,(H,20,23)(H,21,22,24). The van der Waals surface area contributed by atoms with Gasteiger partial charge in [0.15, 0.2) is 0 Å². The smallest absolute Gasteiger partial charge is 0.259 e. The van der Waals surface area contributed by atoms with E-state index in [2.05, 4.69) is 15.3 Å². The quantitative estimate of drug-likeness (QED) is 0.758. The molecule has 5 nitrogen and oxygen atoms in total. The molecule has 0 bridgehead atoms. The molecular weight excluding hydrogens is 334 g/mol. The number of aromatic nitrogens is 2. The molecule has 0 spiro atoms. The molecule has 6 heteroatoms. The number of benzene rings is 1. The molecule has 1 aliphatic carbocycles. The summed E-state index contributed by atoms with van der Waals surface area (Å²) in [4.78, 5) is 34.1. The number of nitrogens with one attached hydrogen (secondary N) is 2. The Hall–Kier alpha value is -2.47. The molecule has 0 radical (unpaired) electrons. The molecule has 128 valence electrons. The van der Waals surface area contributed by atoms with Crippen LogP contribution in [-0.2, 0) is 24.1 Å². The first kappa shape index (κ1) is 16.0. The molecule has 4 rings (SSSR count). The number of anilines is 1. The number of thiophene rings is 1. The van der Waals surface area contributed by atoms with Gasteiger partial charge in [0, 0.05) is 10.6 Å². The summed E-state index contributed by atoms with van der Waals surface area (Å²) in [6.45, 7) is 2.00. The van der Waals surface area contributed by atoms with E-state index >= 15 is 0 Å². The van der Waals surface area contributed by atoms with Crippen molar-refractivity contribution < 1.29 is 4.79 Å². The third-order valence-corrected chi connectivity index (χ3v) is 5.72. The van der Waals surface area contributed by atoms with Crippen LogP contribution in [-0.4, -0.2) is 15.9 Å². The van der Waals surface area contributed by atoms with Crippen LogP contribution >= 0.6 is 11.3 Å². The number of H-pyrrole nitrogens is 1. The van der Waals surface area contributed by atoms with Crippen molar-refractivity contribution in [1.82, 2.24) is 9.97 Å². The number of aromatic amines is 1. The summed E-state index contributed by atoms with van der Waals surface area (Å²) in [7, 11) is 0. The summed E-state index contributed by atoms with van der Waals surface area (Å²) in [5, 5.41) is 3.56. The molecule has 2 aromatic heterocycles. The van der Waals surface area contributed by atoms with E-state index in [1.54, 1.807) is 11.3 Å². The number of hydrogen-bond donors (Lipinski definition) is 2. The monoisotopic (exact) mass is 353 g/mol. The van der Waals surface area contributed by atoms with Gasteiger partial charge in [-0.2, -0.15) is 0 Å². The van der Waals surface area contributed by atoms with Crippen molar-refractivity contribution in [3.05, 3.63) is 56.4 Å². The van der Waals surface area contributed by atoms with E-state index < -0.39 is 0 Å². The zero-order chi connectivity index (χ0) is 17.4. The van der Waals surface area contributed by atoms with Crippen LogP contribution < -0.4 is 10.9 Å². The van der Waals surface area contributed by atoms with Gasteiger partial charge in [0.25, 0.3) is 5.56 Å². The summed E-state index contributed by atoms with van der Waals surface area (Å²) in [6, 6.07) is 7.61. The van der Waals surface area contributed by atoms with Gasteiger partial charge in [-0.15, -0.1) is 11.3 Å². The van der Waals surface area contributed by atoms with Crippen molar-refractivity contribution >= 4 is 33.1 Å². The highest BCUT2D eigenvalue weighted by atomic mass is 32.1. The van der Waals surface area contributed by atoms with Crippen LogP contribution in [0.25, 0.3) is 10.2 Å². The predicted octanol–water partition coefficient (Wildman–Crippen LogP) is 3.35. The van der Waals surface area contributed by atoms with Crippen molar-refractivity contribution in [3.63, 3.8) is 0 Å². The van der Waals surface area contributed by atoms with E-state index in [9.17, 15) is 9.59 Å². The Morgan fingerprint density at radius 2 is 2.00 bits per heavy atom. The van der Waals surface area contributed by atoms with Gasteiger partial charge in [-0.1, -0.05) is 17.7 Å². The topological polar surface area (TPSA) is 74.8 Å². The highest BCUT2D eigenvalue weighted by Crippen LogP contribution is 2.33. The van der Waals surface area contributed by atoms with E-state index in [-0.39, 0.29) is 17.9 Å². The second-order valence-corrected chi connectivity index (χ2v) is 7.58. The van der Waals surface area contributed by atoms with Crippen LogP contribution in [0, 0.1) is 6.92 Å². The second-order valence-electron chi connectivity index (χ2n) is 6.49. The fourth-order valence-electron chi connectivity index (χ4n) is 3.29. The predicted molar refractivity (Wildman–Crippen MR) is 100 cm³/mol. The zero-order valence-corrected chi connectivity index (χ0v) is 14.8. The highest BCUT2D eigenvalue weighted by molar-refractivity contribution is 7.18. The summed E-state index contributed by atoms with van der Waals surface area (Å²) in [6.07, 6.45) is 4.33. The Kier molecular flexibility index (Phi) is 4.13. The number of hydrogen-bond acceptors (Lipinski definition) is 4. The molecule has 2 N–H and O–H groups in total. The molecule has 2 heterocycles. The molecular formula is C19H19N3O2S. The average molecular weight is 353 g/mol. The Balaban J connectivity index is 1.58. The fourth-order valence-corrected chi connectivity index (χ4v) is 4.57. The minimum atomic E-state index is -0.187. The maximum atomic E-state index is 12.5. The molecule has 0 unspecified atom stereocenters. The number of aryl methyl sites for hydroxylation is 3. The molecule has 1 amide bonds. The Labute approximate surface area is 149 Å². The normalized spacial score (nSPS) is 13.6. The maximum Gasteiger partial charge on any atom is 0.259 e. The lowest BCUT2D eigenvalue weighted by Crippen LogP contribution is -2.19. The maximum absolute atomic E-state index is 12.5. The van der Waals surface area contributed by atoms with Gasteiger partial charge in [0.05, 0.1) is 11.8 Å². The summed E-state index contributed by atoms with van der Waals surface area (Å²) in [5.74, 6) is 0.230. The van der Waals surface area contributed by atoms with Crippen LogP contribution in [0.5, 0.6) is 0 Å². The lowest BCUT2D eigenvalue weighted by molar-refractivity contribution is -0.115. The first-order valence-corrected chi connectivity index (χ1v) is 9.32. The molecule has 0 saturated carbocycles. The Bertz CT molecular complexity index is 1000. The van der Waals surface area contributed by atoms with Gasteiger partial charge < -0.3 is 10.3 Å². The van der Waals surface area contributed by atoms with Crippen molar-refractivity contribution in [2.24, 2.45) is 0 Å². The molecule has 25 heavy (non-hydrogen) atoms. The second kappa shape index (κ2) is 6.44. The SMILES string of the molecule is Cc1ccc(NC(=O)Cc2nc3sc4c(c3c(=O)[nH]2)CCCC4)cc1. The lowest BCUT2D eigenvalue weighted by atomic mass is 9.97. The van der Waals surface area contributed by atoms with Gasteiger partial charge in [0.2, 0.25) is 5.91 Å². The molecule has 0 saturated heterocycles. The average Bonchev–Trinajstić information content (AvgIpc) is 2.95. The number of carbonyl (C=O) groups is 1. The third-order valence-electron chi connectivity index (χ3n) is 4.54. The molecule has 0 aliphatic heterocycles. The van der Waals surface area contributed by atoms with Crippen LogP contribution in [0.4, 0.5) is 5.69 Å². The van der Waals surface area contributed by atoms with E-state index in [1.165, 1.54) is 11.3 Å². The molecule has 0 atom stereocenters. The molecule has 1 aromatic carbocycles. The highest BCUT2D eigenvalue weighted by Gasteiger charge is 2.20. The Morgan fingerprint density at radius 1 is 1.24 bits per heavy atom. The van der Waals surface area contributed by atoms with E-state index in [1.807, 2.05) is 31.2 Å². The molecule has 3 aromatic rings. The van der Waals surface area contributed by atoms with Crippen LogP contribution in [0.2, 0.25) is 0 Å². The van der Waals surface area contributed by atoms with E-state index in [4.69, 9.17) is 0 Å². The van der Waals surface area contributed by atoms with Crippen molar-refractivity contribution in [2.75, 3.05) is 5.32 Å². The molecule has 0 fully saturated rings. The van der Waals surface area contributed by atoms with Gasteiger partial charge in [-0.25, -0.2) is 4.98 Å². The first-order valence-electron chi connectivity index (χ1n) is 8.50. The summed E-state index contributed by atoms with van der Waals surface area (Å²) in [5.41, 5.74) is 2.92. The van der Waals surface area contributed by atoms with Crippen molar-refractivity contribution in [1.29, 1.82) is 0 Å². The number of amides is 1. The third kappa shape index (κ3) is 3.22. The van der Waals surface area contributed by atoms with Gasteiger partial charge in [-0.05, 0) is 50.3 Å².